The Hall–Kier alpha value is -0.960. The molecule has 0 spiro atoms. The van der Waals surface area contributed by atoms with Crippen molar-refractivity contribution >= 4 is 0 Å². The van der Waals surface area contributed by atoms with Crippen LogP contribution in [0.15, 0.2) is 18.2 Å². The third-order valence-corrected chi connectivity index (χ3v) is 4.79. The molecule has 1 atom stereocenters. The summed E-state index contributed by atoms with van der Waals surface area (Å²) >= 11 is 0. The van der Waals surface area contributed by atoms with E-state index in [1.54, 1.807) is 6.07 Å². The molecule has 1 saturated carbocycles. The Balaban J connectivity index is 2.32. The average Bonchev–Trinajstić information content (AvgIpc) is 2.93. The van der Waals surface area contributed by atoms with Gasteiger partial charge in [-0.05, 0) is 55.3 Å². The zero-order valence-electron chi connectivity index (χ0n) is 12.5. The third-order valence-electron chi connectivity index (χ3n) is 4.79. The molecule has 1 aliphatic rings. The maximum absolute atomic E-state index is 13.6. The van der Waals surface area contributed by atoms with Crippen LogP contribution in [0, 0.1) is 17.0 Å². The highest BCUT2D eigenvalue weighted by molar-refractivity contribution is 5.24. The normalized spacial score (nSPS) is 19.2. The molecule has 2 rings (SSSR count). The van der Waals surface area contributed by atoms with Crippen LogP contribution in [0.1, 0.15) is 64.0 Å². The Labute approximate surface area is 120 Å². The molecule has 112 valence electrons. The summed E-state index contributed by atoms with van der Waals surface area (Å²) in [4.78, 5) is 0. The van der Waals surface area contributed by atoms with Crippen molar-refractivity contribution in [3.63, 3.8) is 0 Å². The van der Waals surface area contributed by atoms with Gasteiger partial charge >= 0.3 is 0 Å². The lowest BCUT2D eigenvalue weighted by Crippen LogP contribution is -2.36. The maximum Gasteiger partial charge on any atom is 0.159 e. The molecule has 1 aliphatic carbocycles. The Kier molecular flexibility index (Phi) is 5.14. The van der Waals surface area contributed by atoms with Crippen LogP contribution in [-0.4, -0.2) is 6.54 Å². The first-order valence-electron chi connectivity index (χ1n) is 7.81. The van der Waals surface area contributed by atoms with Crippen molar-refractivity contribution in [3.8, 4) is 0 Å². The maximum atomic E-state index is 13.6. The SMILES string of the molecule is CCCNC(c1ccc(F)c(F)c1)C1(CC)CCCC1. The molecule has 0 saturated heterocycles. The van der Waals surface area contributed by atoms with Gasteiger partial charge in [0.15, 0.2) is 11.6 Å². The van der Waals surface area contributed by atoms with Gasteiger partial charge in [-0.3, -0.25) is 0 Å². The molecule has 0 radical (unpaired) electrons. The summed E-state index contributed by atoms with van der Waals surface area (Å²) in [5, 5.41) is 3.58. The number of benzene rings is 1. The number of rotatable bonds is 6. The van der Waals surface area contributed by atoms with Crippen LogP contribution in [-0.2, 0) is 0 Å². The van der Waals surface area contributed by atoms with Crippen molar-refractivity contribution in [3.05, 3.63) is 35.4 Å². The molecule has 0 aliphatic heterocycles. The Morgan fingerprint density at radius 1 is 1.15 bits per heavy atom. The molecule has 1 aromatic rings. The summed E-state index contributed by atoms with van der Waals surface area (Å²) in [5.41, 5.74) is 1.08. The highest BCUT2D eigenvalue weighted by Gasteiger charge is 2.40. The van der Waals surface area contributed by atoms with Gasteiger partial charge in [-0.2, -0.15) is 0 Å². The molecule has 1 unspecified atom stereocenters. The van der Waals surface area contributed by atoms with Crippen molar-refractivity contribution in [2.45, 2.75) is 58.4 Å². The van der Waals surface area contributed by atoms with Crippen molar-refractivity contribution < 1.29 is 8.78 Å². The minimum absolute atomic E-state index is 0.130. The topological polar surface area (TPSA) is 12.0 Å². The Morgan fingerprint density at radius 2 is 1.85 bits per heavy atom. The van der Waals surface area contributed by atoms with Gasteiger partial charge in [0.1, 0.15) is 0 Å². The second-order valence-electron chi connectivity index (χ2n) is 5.98. The molecule has 3 heteroatoms. The van der Waals surface area contributed by atoms with Gasteiger partial charge < -0.3 is 5.32 Å². The lowest BCUT2D eigenvalue weighted by Gasteiger charge is -2.38. The van der Waals surface area contributed by atoms with E-state index in [4.69, 9.17) is 0 Å². The van der Waals surface area contributed by atoms with Gasteiger partial charge in [0, 0.05) is 6.04 Å². The van der Waals surface area contributed by atoms with Crippen LogP contribution in [0.3, 0.4) is 0 Å². The van der Waals surface area contributed by atoms with E-state index in [0.717, 1.165) is 24.9 Å². The Morgan fingerprint density at radius 3 is 2.40 bits per heavy atom. The Bertz CT molecular complexity index is 439. The largest absolute Gasteiger partial charge is 0.309 e. The van der Waals surface area contributed by atoms with Crippen molar-refractivity contribution in [2.75, 3.05) is 6.54 Å². The smallest absolute Gasteiger partial charge is 0.159 e. The van der Waals surface area contributed by atoms with E-state index in [1.165, 1.54) is 37.8 Å². The zero-order chi connectivity index (χ0) is 14.6. The molecular weight excluding hydrogens is 256 g/mol. The van der Waals surface area contributed by atoms with Gasteiger partial charge in [-0.1, -0.05) is 32.8 Å². The monoisotopic (exact) mass is 281 g/mol. The van der Waals surface area contributed by atoms with Gasteiger partial charge in [0.05, 0.1) is 0 Å². The average molecular weight is 281 g/mol. The first kappa shape index (κ1) is 15.4. The van der Waals surface area contributed by atoms with E-state index < -0.39 is 11.6 Å². The van der Waals surface area contributed by atoms with E-state index in [9.17, 15) is 8.78 Å². The van der Waals surface area contributed by atoms with Gasteiger partial charge in [0.25, 0.3) is 0 Å². The van der Waals surface area contributed by atoms with E-state index in [-0.39, 0.29) is 11.5 Å². The van der Waals surface area contributed by atoms with Gasteiger partial charge in [-0.15, -0.1) is 0 Å². The summed E-state index contributed by atoms with van der Waals surface area (Å²) in [6, 6.07) is 4.49. The predicted molar refractivity (Wildman–Crippen MR) is 78.6 cm³/mol. The van der Waals surface area contributed by atoms with Crippen LogP contribution >= 0.6 is 0 Å². The van der Waals surface area contributed by atoms with Crippen LogP contribution in [0.4, 0.5) is 8.78 Å². The predicted octanol–water partition coefficient (Wildman–Crippen LogP) is 4.98. The minimum Gasteiger partial charge on any atom is -0.309 e. The summed E-state index contributed by atoms with van der Waals surface area (Å²) in [7, 11) is 0. The van der Waals surface area contributed by atoms with E-state index in [0.29, 0.717) is 0 Å². The van der Waals surface area contributed by atoms with Crippen LogP contribution < -0.4 is 5.32 Å². The fraction of sp³-hybridized carbons (Fsp3) is 0.647. The van der Waals surface area contributed by atoms with Crippen LogP contribution in [0.25, 0.3) is 0 Å². The molecule has 1 nitrogen and oxygen atoms in total. The summed E-state index contributed by atoms with van der Waals surface area (Å²) in [6.45, 7) is 5.25. The molecule has 0 amide bonds. The summed E-state index contributed by atoms with van der Waals surface area (Å²) < 4.78 is 26.7. The molecule has 20 heavy (non-hydrogen) atoms. The highest BCUT2D eigenvalue weighted by Crippen LogP contribution is 2.50. The minimum atomic E-state index is -0.764. The van der Waals surface area contributed by atoms with Crippen LogP contribution in [0.5, 0.6) is 0 Å². The van der Waals surface area contributed by atoms with Gasteiger partial charge in [-0.25, -0.2) is 8.78 Å². The first-order chi connectivity index (χ1) is 9.63. The molecule has 0 heterocycles. The van der Waals surface area contributed by atoms with Crippen molar-refractivity contribution in [1.82, 2.24) is 5.32 Å². The van der Waals surface area contributed by atoms with Crippen LogP contribution in [0.2, 0.25) is 0 Å². The third kappa shape index (κ3) is 3.03. The highest BCUT2D eigenvalue weighted by atomic mass is 19.2. The standard InChI is InChI=1S/C17H25F2N/c1-3-11-20-16(17(4-2)9-5-6-10-17)13-7-8-14(18)15(19)12-13/h7-8,12,16,20H,3-6,9-11H2,1-2H3. The molecule has 1 fully saturated rings. The second kappa shape index (κ2) is 6.66. The first-order valence-corrected chi connectivity index (χ1v) is 7.81. The quantitative estimate of drug-likeness (QED) is 0.775. The molecular formula is C17H25F2N. The lowest BCUT2D eigenvalue weighted by molar-refractivity contribution is 0.186. The molecule has 0 bridgehead atoms. The summed E-state index contributed by atoms with van der Waals surface area (Å²) in [5.74, 6) is -1.50. The number of nitrogens with one attached hydrogen (secondary N) is 1. The second-order valence-corrected chi connectivity index (χ2v) is 5.98. The molecule has 1 aromatic carbocycles. The van der Waals surface area contributed by atoms with E-state index in [1.807, 2.05) is 0 Å². The van der Waals surface area contributed by atoms with E-state index in [2.05, 4.69) is 19.2 Å². The van der Waals surface area contributed by atoms with Crippen molar-refractivity contribution in [2.24, 2.45) is 5.41 Å². The van der Waals surface area contributed by atoms with E-state index >= 15 is 0 Å². The fourth-order valence-electron chi connectivity index (χ4n) is 3.59. The summed E-state index contributed by atoms with van der Waals surface area (Å²) in [6.07, 6.45) is 6.94. The zero-order valence-corrected chi connectivity index (χ0v) is 12.5. The molecule has 0 aromatic heterocycles. The number of halogens is 2. The number of hydrogen-bond donors (Lipinski definition) is 1. The molecule has 1 N–H and O–H groups in total. The fourth-order valence-corrected chi connectivity index (χ4v) is 3.59. The number of hydrogen-bond acceptors (Lipinski definition) is 1. The lowest BCUT2D eigenvalue weighted by atomic mass is 9.73. The van der Waals surface area contributed by atoms with Crippen molar-refractivity contribution in [1.29, 1.82) is 0 Å². The van der Waals surface area contributed by atoms with Gasteiger partial charge in [0.2, 0.25) is 0 Å².